The first kappa shape index (κ1) is 50.0. The molecule has 2 aromatic carbocycles. The van der Waals surface area contributed by atoms with Gasteiger partial charge >= 0.3 is 30.0 Å². The number of nitrogens with one attached hydrogen (secondary N) is 1. The van der Waals surface area contributed by atoms with Crippen molar-refractivity contribution in [3.05, 3.63) is 83.1 Å². The quantitative estimate of drug-likeness (QED) is 0.106. The van der Waals surface area contributed by atoms with E-state index in [0.29, 0.717) is 35.7 Å². The van der Waals surface area contributed by atoms with Crippen molar-refractivity contribution in [3.8, 4) is 0 Å². The highest BCUT2D eigenvalue weighted by atomic mass is 28.4. The Bertz CT molecular complexity index is 2280. The van der Waals surface area contributed by atoms with Crippen LogP contribution in [0.3, 0.4) is 0 Å². The van der Waals surface area contributed by atoms with Crippen LogP contribution in [0.5, 0.6) is 0 Å². The molecule has 0 radical (unpaired) electrons. The average Bonchev–Trinajstić information content (AvgIpc) is 4.00. The number of benzene rings is 2. The van der Waals surface area contributed by atoms with Gasteiger partial charge in [0.05, 0.1) is 24.1 Å². The van der Waals surface area contributed by atoms with Crippen LogP contribution >= 0.6 is 0 Å². The van der Waals surface area contributed by atoms with Gasteiger partial charge in [-0.3, -0.25) is 14.4 Å². The van der Waals surface area contributed by atoms with Gasteiger partial charge in [-0.15, -0.1) is 0 Å². The lowest BCUT2D eigenvalue weighted by Gasteiger charge is -2.64. The Morgan fingerprint density at radius 3 is 2.06 bits per heavy atom. The van der Waals surface area contributed by atoms with E-state index in [-0.39, 0.29) is 30.3 Å². The van der Waals surface area contributed by atoms with Crippen molar-refractivity contribution in [2.24, 2.45) is 28.6 Å². The van der Waals surface area contributed by atoms with E-state index in [9.17, 15) is 24.3 Å². The molecule has 1 saturated heterocycles. The van der Waals surface area contributed by atoms with Gasteiger partial charge in [0.2, 0.25) is 0 Å². The molecule has 0 aromatic heterocycles. The number of amides is 1. The summed E-state index contributed by atoms with van der Waals surface area (Å²) in [5, 5.41) is 16.9. The molecule has 16 heteroatoms. The van der Waals surface area contributed by atoms with Crippen LogP contribution in [0.4, 0.5) is 4.79 Å². The van der Waals surface area contributed by atoms with Crippen molar-refractivity contribution in [1.29, 1.82) is 0 Å². The van der Waals surface area contributed by atoms with E-state index >= 15 is 9.59 Å². The number of Topliss-reactive ketones (excluding diaryl/α,β-unsaturated/α-hetero) is 1. The maximum atomic E-state index is 15.7. The smallest absolute Gasteiger partial charge is 0.408 e. The predicted molar refractivity (Wildman–Crippen MR) is 245 cm³/mol. The minimum absolute atomic E-state index is 0.0703. The van der Waals surface area contributed by atoms with Gasteiger partial charge in [-0.1, -0.05) is 83.1 Å². The number of alkyl carbamates (subject to hydrolysis) is 1. The lowest BCUT2D eigenvalue weighted by molar-refractivity contribution is -0.326. The third kappa shape index (κ3) is 8.76. The molecule has 1 aliphatic heterocycles. The monoisotopic (exact) mass is 945 g/mol. The van der Waals surface area contributed by atoms with Crippen LogP contribution in [-0.2, 0) is 52.0 Å². The van der Waals surface area contributed by atoms with Gasteiger partial charge in [0.25, 0.3) is 0 Å². The van der Waals surface area contributed by atoms with E-state index in [2.05, 4.69) is 5.32 Å². The summed E-state index contributed by atoms with van der Waals surface area (Å²) >= 11 is 0. The summed E-state index contributed by atoms with van der Waals surface area (Å²) in [5.74, 6) is -6.36. The van der Waals surface area contributed by atoms with Crippen LogP contribution in [-0.4, -0.2) is 97.0 Å². The Balaban J connectivity index is 1.42. The van der Waals surface area contributed by atoms with Gasteiger partial charge in [-0.25, -0.2) is 14.4 Å². The Hall–Kier alpha value is -4.90. The SMILES string of the molecule is CC[Si](CC)(CC)O[C@@H](C(=O)OC1=C(C)C2[C@@H](OC(C)=O)C(=O)[C@]34C[C@H]3C[C@H]3OC[C@@]3(OC(C)=O)[C@H]4[C@H](OC(=O)c3ccccc3)[C@](O)(C1)C2(C)C)[C@@H](NC(=O)OC(C)(C)C)c1ccccc1. The molecule has 15 nitrogen and oxygen atoms in total. The standard InChI is InChI=1S/C51H67NO14Si/c1-12-67(13-2,14-3)66-40(38(32-21-17-15-18-22-32)52-46(58)65-47(7,8)9)45(57)62-35-27-51(59)43(63-44(56)33-23-19-16-20-24-33)41-49(26-34(49)25-36-50(41,28-60-36)64-31(6)54)42(55)39(61-30(5)53)37(29(35)4)48(51,10)11/h15-24,34,36-41,43,59H,12-14,25-28H2,1-11H3,(H,52,58)/t34-,36-,37?,38+,39-,40-,41+,43+,49-,50+,51-/m1/s1. The largest absolute Gasteiger partial charge is 0.455 e. The lowest BCUT2D eigenvalue weighted by atomic mass is 9.47. The molecule has 2 N–H and O–H groups in total. The first-order chi connectivity index (χ1) is 31.4. The van der Waals surface area contributed by atoms with Gasteiger partial charge in [-0.05, 0) is 87.9 Å². The Morgan fingerprint density at radius 1 is 0.910 bits per heavy atom. The second kappa shape index (κ2) is 18.2. The van der Waals surface area contributed by atoms with Gasteiger partial charge in [0.1, 0.15) is 29.2 Å². The first-order valence-electron chi connectivity index (χ1n) is 23.6. The van der Waals surface area contributed by atoms with Crippen LogP contribution in [0.2, 0.25) is 18.1 Å². The zero-order chi connectivity index (χ0) is 49.1. The van der Waals surface area contributed by atoms with Crippen molar-refractivity contribution in [1.82, 2.24) is 5.32 Å². The van der Waals surface area contributed by atoms with Crippen LogP contribution in [0, 0.1) is 28.6 Å². The number of hydrogen-bond acceptors (Lipinski definition) is 14. The highest BCUT2D eigenvalue weighted by Crippen LogP contribution is 2.75. The van der Waals surface area contributed by atoms with Crippen LogP contribution in [0.25, 0.3) is 0 Å². The molecule has 2 bridgehead atoms. The number of hydrogen-bond donors (Lipinski definition) is 2. The van der Waals surface area contributed by atoms with Gasteiger partial charge in [0.15, 0.2) is 31.9 Å². The fourth-order valence-corrected chi connectivity index (χ4v) is 14.6. The summed E-state index contributed by atoms with van der Waals surface area (Å²) in [5.41, 5.74) is -6.45. The number of rotatable bonds is 14. The van der Waals surface area contributed by atoms with Crippen molar-refractivity contribution in [2.75, 3.05) is 6.61 Å². The van der Waals surface area contributed by atoms with E-state index in [4.69, 9.17) is 32.8 Å². The molecule has 67 heavy (non-hydrogen) atoms. The molecule has 5 aliphatic rings. The maximum Gasteiger partial charge on any atom is 0.408 e. The summed E-state index contributed by atoms with van der Waals surface area (Å²) in [6.45, 7) is 18.6. The Morgan fingerprint density at radius 2 is 1.52 bits per heavy atom. The van der Waals surface area contributed by atoms with Crippen molar-refractivity contribution in [3.63, 3.8) is 0 Å². The number of aliphatic hydroxyl groups is 1. The molecule has 1 heterocycles. The highest BCUT2D eigenvalue weighted by molar-refractivity contribution is 6.73. The summed E-state index contributed by atoms with van der Waals surface area (Å²) in [6.07, 6.45) is -5.89. The number of fused-ring (bicyclic) bond motifs is 4. The van der Waals surface area contributed by atoms with Crippen LogP contribution in [0.15, 0.2) is 72.0 Å². The van der Waals surface area contributed by atoms with E-state index < -0.39 is 120 Å². The topological polar surface area (TPSA) is 199 Å². The third-order valence-electron chi connectivity index (χ3n) is 15.6. The highest BCUT2D eigenvalue weighted by Gasteiger charge is 2.84. The second-order valence-corrected chi connectivity index (χ2v) is 25.5. The fourth-order valence-electron chi connectivity index (χ4n) is 11.9. The van der Waals surface area contributed by atoms with Crippen molar-refractivity contribution >= 4 is 44.1 Å². The molecular weight excluding hydrogens is 879 g/mol. The molecule has 4 fully saturated rings. The summed E-state index contributed by atoms with van der Waals surface area (Å²) in [6, 6.07) is 17.9. The van der Waals surface area contributed by atoms with E-state index in [1.807, 2.05) is 20.8 Å². The van der Waals surface area contributed by atoms with Crippen LogP contribution in [0.1, 0.15) is 117 Å². The molecule has 1 spiro atoms. The Kier molecular flexibility index (Phi) is 13.6. The molecular formula is C51H67NO14Si. The minimum atomic E-state index is -2.72. The molecule has 1 unspecified atom stereocenters. The van der Waals surface area contributed by atoms with E-state index in [1.165, 1.54) is 13.8 Å². The Labute approximate surface area is 394 Å². The predicted octanol–water partition coefficient (Wildman–Crippen LogP) is 7.70. The number of carbonyl (C=O) groups excluding carboxylic acids is 6. The molecule has 2 aromatic rings. The maximum absolute atomic E-state index is 15.7. The summed E-state index contributed by atoms with van der Waals surface area (Å²) in [7, 11) is -2.72. The van der Waals surface area contributed by atoms with Gasteiger partial charge in [0, 0.05) is 37.0 Å². The van der Waals surface area contributed by atoms with Gasteiger partial charge in [-0.2, -0.15) is 0 Å². The minimum Gasteiger partial charge on any atom is -0.455 e. The summed E-state index contributed by atoms with van der Waals surface area (Å²) in [4.78, 5) is 85.6. The molecule has 11 atom stereocenters. The first-order valence-corrected chi connectivity index (χ1v) is 26.1. The van der Waals surface area contributed by atoms with Crippen molar-refractivity contribution < 1.29 is 66.7 Å². The van der Waals surface area contributed by atoms with E-state index in [0.717, 1.165) is 0 Å². The van der Waals surface area contributed by atoms with E-state index in [1.54, 1.807) is 102 Å². The molecule has 4 aliphatic carbocycles. The number of ether oxygens (including phenoxy) is 6. The van der Waals surface area contributed by atoms with Crippen molar-refractivity contribution in [2.45, 2.75) is 161 Å². The zero-order valence-corrected chi connectivity index (χ0v) is 41.6. The molecule has 364 valence electrons. The average molecular weight is 946 g/mol. The summed E-state index contributed by atoms with van der Waals surface area (Å²) < 4.78 is 44.3. The third-order valence-corrected chi connectivity index (χ3v) is 20.2. The fraction of sp³-hybridized carbons (Fsp3) is 0.608. The normalized spacial score (nSPS) is 31.4. The van der Waals surface area contributed by atoms with Crippen LogP contribution < -0.4 is 5.32 Å². The second-order valence-electron chi connectivity index (χ2n) is 20.7. The molecule has 3 saturated carbocycles. The molecule has 1 amide bonds. The number of ketones is 1. The number of esters is 4. The lowest BCUT2D eigenvalue weighted by Crippen LogP contribution is -2.78. The molecule has 7 rings (SSSR count). The van der Waals surface area contributed by atoms with Gasteiger partial charge < -0.3 is 43.3 Å². The number of carbonyl (C=O) groups is 6. The zero-order valence-electron chi connectivity index (χ0n) is 40.6.